The number of amides is 1. The van der Waals surface area contributed by atoms with Crippen LogP contribution < -0.4 is 10.1 Å². The molecule has 0 aromatic heterocycles. The number of benzene rings is 2. The molecule has 0 heterocycles. The zero-order valence-electron chi connectivity index (χ0n) is 19.9. The van der Waals surface area contributed by atoms with Crippen LogP contribution >= 0.6 is 0 Å². The number of ether oxygens (including phenoxy) is 1. The van der Waals surface area contributed by atoms with E-state index in [1.54, 1.807) is 0 Å². The SMILES string of the molecule is CC(C)CNC[C@@H](O)[C@H](Cc1ccc(OCc2ccccc2)cc1)N(C(=O)O)C(C)(C)C. The lowest BCUT2D eigenvalue weighted by molar-refractivity contribution is 0.00765. The van der Waals surface area contributed by atoms with E-state index in [-0.39, 0.29) is 0 Å². The molecule has 0 aliphatic rings. The molecule has 0 aliphatic heterocycles. The number of carbonyl (C=O) groups is 1. The largest absolute Gasteiger partial charge is 0.489 e. The molecule has 0 fully saturated rings. The van der Waals surface area contributed by atoms with Gasteiger partial charge >= 0.3 is 6.09 Å². The van der Waals surface area contributed by atoms with E-state index in [2.05, 4.69) is 19.2 Å². The zero-order chi connectivity index (χ0) is 23.7. The van der Waals surface area contributed by atoms with Crippen LogP contribution in [0.25, 0.3) is 0 Å². The fraction of sp³-hybridized carbons (Fsp3) is 0.500. The van der Waals surface area contributed by atoms with Crippen molar-refractivity contribution in [2.24, 2.45) is 5.92 Å². The summed E-state index contributed by atoms with van der Waals surface area (Å²) in [5.74, 6) is 1.20. The molecule has 176 valence electrons. The Morgan fingerprint density at radius 2 is 1.62 bits per heavy atom. The molecule has 6 heteroatoms. The number of nitrogens with one attached hydrogen (secondary N) is 1. The van der Waals surface area contributed by atoms with Gasteiger partial charge in [0.15, 0.2) is 0 Å². The lowest BCUT2D eigenvalue weighted by atomic mass is 9.94. The Labute approximate surface area is 192 Å². The van der Waals surface area contributed by atoms with Crippen molar-refractivity contribution in [3.63, 3.8) is 0 Å². The summed E-state index contributed by atoms with van der Waals surface area (Å²) in [6.45, 7) is 11.3. The molecule has 0 radical (unpaired) electrons. The zero-order valence-corrected chi connectivity index (χ0v) is 19.9. The molecule has 0 spiro atoms. The summed E-state index contributed by atoms with van der Waals surface area (Å²) >= 11 is 0. The van der Waals surface area contributed by atoms with Gasteiger partial charge in [0.1, 0.15) is 12.4 Å². The molecule has 2 rings (SSSR count). The van der Waals surface area contributed by atoms with Crippen LogP contribution in [0.4, 0.5) is 4.79 Å². The third-order valence-corrected chi connectivity index (χ3v) is 5.23. The van der Waals surface area contributed by atoms with Gasteiger partial charge in [0, 0.05) is 12.1 Å². The summed E-state index contributed by atoms with van der Waals surface area (Å²) in [5, 5.41) is 24.1. The van der Waals surface area contributed by atoms with Crippen molar-refractivity contribution >= 4 is 6.09 Å². The highest BCUT2D eigenvalue weighted by Crippen LogP contribution is 2.24. The summed E-state index contributed by atoms with van der Waals surface area (Å²) in [6, 6.07) is 17.0. The van der Waals surface area contributed by atoms with E-state index in [1.165, 1.54) is 4.90 Å². The molecule has 0 aliphatic carbocycles. The topological polar surface area (TPSA) is 82.0 Å². The Hall–Kier alpha value is -2.57. The van der Waals surface area contributed by atoms with E-state index < -0.39 is 23.8 Å². The first kappa shape index (κ1) is 25.7. The molecule has 2 aromatic rings. The summed E-state index contributed by atoms with van der Waals surface area (Å²) in [4.78, 5) is 13.5. The van der Waals surface area contributed by atoms with Gasteiger partial charge in [0.05, 0.1) is 12.1 Å². The number of nitrogens with zero attached hydrogens (tertiary/aromatic N) is 1. The summed E-state index contributed by atoms with van der Waals surface area (Å²) in [7, 11) is 0. The molecule has 0 saturated heterocycles. The number of aliphatic hydroxyl groups excluding tert-OH is 1. The second-order valence-electron chi connectivity index (χ2n) is 9.63. The average molecular weight is 443 g/mol. The van der Waals surface area contributed by atoms with E-state index in [0.29, 0.717) is 25.5 Å². The van der Waals surface area contributed by atoms with Gasteiger partial charge in [-0.1, -0.05) is 56.3 Å². The predicted octanol–water partition coefficient (Wildman–Crippen LogP) is 4.56. The Balaban J connectivity index is 2.12. The van der Waals surface area contributed by atoms with Gasteiger partial charge in [-0.15, -0.1) is 0 Å². The molecule has 2 aromatic carbocycles. The average Bonchev–Trinajstić information content (AvgIpc) is 2.72. The molecule has 0 bridgehead atoms. The third kappa shape index (κ3) is 8.17. The Morgan fingerprint density at radius 1 is 1.00 bits per heavy atom. The molecule has 0 unspecified atom stereocenters. The van der Waals surface area contributed by atoms with Crippen LogP contribution in [0, 0.1) is 5.92 Å². The molecular weight excluding hydrogens is 404 g/mol. The number of hydrogen-bond acceptors (Lipinski definition) is 4. The van der Waals surface area contributed by atoms with Crippen LogP contribution in [0.1, 0.15) is 45.7 Å². The fourth-order valence-electron chi connectivity index (χ4n) is 3.69. The first-order chi connectivity index (χ1) is 15.1. The maximum Gasteiger partial charge on any atom is 0.408 e. The Bertz CT molecular complexity index is 816. The van der Waals surface area contributed by atoms with Crippen molar-refractivity contribution in [2.75, 3.05) is 13.1 Å². The number of rotatable bonds is 11. The van der Waals surface area contributed by atoms with Crippen LogP contribution in [-0.4, -0.2) is 52.0 Å². The molecule has 3 N–H and O–H groups in total. The molecule has 6 nitrogen and oxygen atoms in total. The lowest BCUT2D eigenvalue weighted by Crippen LogP contribution is -2.58. The molecule has 32 heavy (non-hydrogen) atoms. The van der Waals surface area contributed by atoms with E-state index in [0.717, 1.165) is 23.4 Å². The van der Waals surface area contributed by atoms with Gasteiger partial charge in [0.25, 0.3) is 0 Å². The van der Waals surface area contributed by atoms with Gasteiger partial charge in [-0.05, 0) is 62.9 Å². The smallest absolute Gasteiger partial charge is 0.408 e. The van der Waals surface area contributed by atoms with E-state index >= 15 is 0 Å². The molecular formula is C26H38N2O4. The Morgan fingerprint density at radius 3 is 2.16 bits per heavy atom. The van der Waals surface area contributed by atoms with E-state index in [4.69, 9.17) is 4.74 Å². The van der Waals surface area contributed by atoms with Gasteiger partial charge in [-0.2, -0.15) is 0 Å². The number of carboxylic acid groups (broad SMARTS) is 1. The maximum absolute atomic E-state index is 12.1. The van der Waals surface area contributed by atoms with Gasteiger partial charge in [-0.3, -0.25) is 4.90 Å². The van der Waals surface area contributed by atoms with Crippen molar-refractivity contribution in [3.05, 3.63) is 65.7 Å². The molecule has 1 amide bonds. The van der Waals surface area contributed by atoms with E-state index in [1.807, 2.05) is 75.4 Å². The predicted molar refractivity (Wildman–Crippen MR) is 128 cm³/mol. The van der Waals surface area contributed by atoms with Crippen LogP contribution in [0.2, 0.25) is 0 Å². The minimum atomic E-state index is -1.03. The van der Waals surface area contributed by atoms with Gasteiger partial charge < -0.3 is 20.3 Å². The summed E-state index contributed by atoms with van der Waals surface area (Å²) in [6.07, 6.45) is -1.46. The van der Waals surface area contributed by atoms with Crippen molar-refractivity contribution in [3.8, 4) is 5.75 Å². The van der Waals surface area contributed by atoms with Crippen molar-refractivity contribution in [2.45, 2.75) is 65.3 Å². The second kappa shape index (κ2) is 11.9. The molecule has 2 atom stereocenters. The first-order valence-corrected chi connectivity index (χ1v) is 11.2. The highest BCUT2D eigenvalue weighted by molar-refractivity contribution is 5.66. The quantitative estimate of drug-likeness (QED) is 0.475. The van der Waals surface area contributed by atoms with Crippen LogP contribution in [0.5, 0.6) is 5.75 Å². The Kier molecular flexibility index (Phi) is 9.54. The summed E-state index contributed by atoms with van der Waals surface area (Å²) < 4.78 is 5.85. The van der Waals surface area contributed by atoms with Gasteiger partial charge in [-0.25, -0.2) is 4.79 Å². The minimum absolute atomic E-state index is 0.334. The van der Waals surface area contributed by atoms with Gasteiger partial charge in [0.2, 0.25) is 0 Å². The lowest BCUT2D eigenvalue weighted by Gasteiger charge is -2.42. The summed E-state index contributed by atoms with van der Waals surface area (Å²) in [5.41, 5.74) is 1.39. The first-order valence-electron chi connectivity index (χ1n) is 11.2. The molecule has 0 saturated carbocycles. The monoisotopic (exact) mass is 442 g/mol. The van der Waals surface area contributed by atoms with Crippen molar-refractivity contribution < 1.29 is 19.7 Å². The third-order valence-electron chi connectivity index (χ3n) is 5.23. The van der Waals surface area contributed by atoms with Crippen molar-refractivity contribution in [1.29, 1.82) is 0 Å². The number of hydrogen-bond donors (Lipinski definition) is 3. The fourth-order valence-corrected chi connectivity index (χ4v) is 3.69. The highest BCUT2D eigenvalue weighted by Gasteiger charge is 2.37. The van der Waals surface area contributed by atoms with Crippen LogP contribution in [0.15, 0.2) is 54.6 Å². The minimum Gasteiger partial charge on any atom is -0.489 e. The normalized spacial score (nSPS) is 13.6. The van der Waals surface area contributed by atoms with Crippen LogP contribution in [0.3, 0.4) is 0 Å². The maximum atomic E-state index is 12.1. The van der Waals surface area contributed by atoms with E-state index in [9.17, 15) is 15.0 Å². The standard InChI is InChI=1S/C26H38N2O4/c1-19(2)16-27-17-24(29)23(28(25(30)31)26(3,4)5)15-20-11-13-22(14-12-20)32-18-21-9-7-6-8-10-21/h6-14,19,23-24,27,29H,15-18H2,1-5H3,(H,30,31)/t23-,24+/m0/s1. The number of aliphatic hydroxyl groups is 1. The second-order valence-corrected chi connectivity index (χ2v) is 9.63. The highest BCUT2D eigenvalue weighted by atomic mass is 16.5. The van der Waals surface area contributed by atoms with Crippen LogP contribution in [-0.2, 0) is 13.0 Å². The van der Waals surface area contributed by atoms with Crippen molar-refractivity contribution in [1.82, 2.24) is 10.2 Å².